The molecule has 1 N–H and O–H groups in total. The molecule has 2 amide bonds. The Balaban J connectivity index is 1.74. The number of rotatable bonds is 8. The Morgan fingerprint density at radius 2 is 1.30 bits per heavy atom. The van der Waals surface area contributed by atoms with Crippen molar-refractivity contribution in [3.63, 3.8) is 0 Å². The summed E-state index contributed by atoms with van der Waals surface area (Å²) in [6.07, 6.45) is 0. The van der Waals surface area contributed by atoms with Crippen LogP contribution in [0.1, 0.15) is 19.4 Å². The van der Waals surface area contributed by atoms with Gasteiger partial charge < -0.3 is 14.8 Å². The minimum atomic E-state index is -0.444. The Morgan fingerprint density at radius 1 is 0.758 bits per heavy atom. The molecule has 168 valence electrons. The maximum Gasteiger partial charge on any atom is 0.282 e. The third-order valence-electron chi connectivity index (χ3n) is 5.06. The number of carbonyl (C=O) groups is 2. The van der Waals surface area contributed by atoms with Crippen LogP contribution in [-0.4, -0.2) is 25.0 Å². The monoisotopic (exact) mass is 462 g/mol. The third kappa shape index (κ3) is 4.71. The quantitative estimate of drug-likeness (QED) is 0.445. The number of benzene rings is 3. The minimum Gasteiger partial charge on any atom is -0.494 e. The zero-order chi connectivity index (χ0) is 23.4. The van der Waals surface area contributed by atoms with Crippen molar-refractivity contribution in [3.05, 3.63) is 89.1 Å². The van der Waals surface area contributed by atoms with E-state index in [4.69, 9.17) is 21.1 Å². The van der Waals surface area contributed by atoms with E-state index < -0.39 is 11.8 Å². The van der Waals surface area contributed by atoms with Crippen LogP contribution in [0.15, 0.2) is 78.5 Å². The highest BCUT2D eigenvalue weighted by atomic mass is 35.5. The average Bonchev–Trinajstić information content (AvgIpc) is 3.06. The predicted molar refractivity (Wildman–Crippen MR) is 130 cm³/mol. The molecule has 0 atom stereocenters. The summed E-state index contributed by atoms with van der Waals surface area (Å²) in [5, 5.41) is 3.66. The number of anilines is 2. The molecule has 1 heterocycles. The lowest BCUT2D eigenvalue weighted by Gasteiger charge is -2.15. The van der Waals surface area contributed by atoms with Gasteiger partial charge in [-0.2, -0.15) is 0 Å². The number of hydrogen-bond acceptors (Lipinski definition) is 5. The van der Waals surface area contributed by atoms with Crippen LogP contribution < -0.4 is 19.7 Å². The second-order valence-corrected chi connectivity index (χ2v) is 7.65. The van der Waals surface area contributed by atoms with E-state index in [2.05, 4.69) is 5.32 Å². The Hall–Kier alpha value is -3.77. The van der Waals surface area contributed by atoms with Gasteiger partial charge in [-0.3, -0.25) is 9.59 Å². The lowest BCUT2D eigenvalue weighted by molar-refractivity contribution is -0.120. The fourth-order valence-electron chi connectivity index (χ4n) is 3.57. The Morgan fingerprint density at radius 3 is 1.85 bits per heavy atom. The molecule has 1 aliphatic rings. The Labute approximate surface area is 197 Å². The van der Waals surface area contributed by atoms with E-state index in [0.29, 0.717) is 40.9 Å². The molecule has 0 spiro atoms. The van der Waals surface area contributed by atoms with Crippen LogP contribution in [0, 0.1) is 0 Å². The number of carbonyl (C=O) groups excluding carboxylic acids is 2. The van der Waals surface area contributed by atoms with E-state index in [1.54, 1.807) is 72.8 Å². The molecule has 4 rings (SSSR count). The largest absolute Gasteiger partial charge is 0.494 e. The van der Waals surface area contributed by atoms with Gasteiger partial charge in [0.25, 0.3) is 11.8 Å². The van der Waals surface area contributed by atoms with Crippen molar-refractivity contribution in [2.75, 3.05) is 23.4 Å². The lowest BCUT2D eigenvalue weighted by atomic mass is 10.0. The first-order valence-electron chi connectivity index (χ1n) is 10.6. The molecule has 0 fully saturated rings. The standard InChI is InChI=1S/C26H23ClN2O4/c1-3-32-21-13-5-17(6-14-21)23-24(28-19-9-15-22(16-10-19)33-4-2)26(31)29(25(23)30)20-11-7-18(27)8-12-20/h5-16,28H,3-4H2,1-2H3. The molecule has 0 unspecified atom stereocenters. The van der Waals surface area contributed by atoms with E-state index in [1.807, 2.05) is 13.8 Å². The summed E-state index contributed by atoms with van der Waals surface area (Å²) in [7, 11) is 0. The van der Waals surface area contributed by atoms with Gasteiger partial charge in [0.15, 0.2) is 0 Å². The highest BCUT2D eigenvalue weighted by molar-refractivity contribution is 6.46. The first-order chi connectivity index (χ1) is 16.0. The second kappa shape index (κ2) is 9.79. The highest BCUT2D eigenvalue weighted by Crippen LogP contribution is 2.35. The van der Waals surface area contributed by atoms with Crippen LogP contribution in [0.4, 0.5) is 11.4 Å². The molecule has 3 aromatic rings. The van der Waals surface area contributed by atoms with Gasteiger partial charge in [-0.05, 0) is 80.1 Å². The summed E-state index contributed by atoms with van der Waals surface area (Å²) in [6.45, 7) is 4.91. The molecule has 1 aliphatic heterocycles. The van der Waals surface area contributed by atoms with Gasteiger partial charge in [-0.25, -0.2) is 4.90 Å². The first-order valence-corrected chi connectivity index (χ1v) is 11.0. The molecule has 6 nitrogen and oxygen atoms in total. The molecule has 0 aliphatic carbocycles. The molecule has 3 aromatic carbocycles. The van der Waals surface area contributed by atoms with Crippen molar-refractivity contribution in [1.82, 2.24) is 0 Å². The summed E-state index contributed by atoms with van der Waals surface area (Å²) in [4.78, 5) is 28.1. The van der Waals surface area contributed by atoms with Crippen LogP contribution in [0.25, 0.3) is 5.57 Å². The topological polar surface area (TPSA) is 67.9 Å². The van der Waals surface area contributed by atoms with E-state index in [0.717, 1.165) is 10.6 Å². The highest BCUT2D eigenvalue weighted by Gasteiger charge is 2.40. The number of nitrogens with one attached hydrogen (secondary N) is 1. The van der Waals surface area contributed by atoms with Gasteiger partial charge in [-0.1, -0.05) is 23.7 Å². The minimum absolute atomic E-state index is 0.197. The van der Waals surface area contributed by atoms with E-state index in [9.17, 15) is 9.59 Å². The zero-order valence-corrected chi connectivity index (χ0v) is 19.1. The number of imide groups is 1. The first kappa shape index (κ1) is 22.4. The van der Waals surface area contributed by atoms with Crippen LogP contribution in [0.3, 0.4) is 0 Å². The maximum absolute atomic E-state index is 13.5. The van der Waals surface area contributed by atoms with Crippen molar-refractivity contribution in [1.29, 1.82) is 0 Å². The van der Waals surface area contributed by atoms with Gasteiger partial charge in [0.2, 0.25) is 0 Å². The average molecular weight is 463 g/mol. The number of ether oxygens (including phenoxy) is 2. The predicted octanol–water partition coefficient (Wildman–Crippen LogP) is 5.53. The molecule has 0 saturated carbocycles. The number of amides is 2. The van der Waals surface area contributed by atoms with Gasteiger partial charge >= 0.3 is 0 Å². The van der Waals surface area contributed by atoms with Crippen LogP contribution in [0.5, 0.6) is 11.5 Å². The Kier molecular flexibility index (Phi) is 6.66. The fraction of sp³-hybridized carbons (Fsp3) is 0.154. The van der Waals surface area contributed by atoms with Gasteiger partial charge in [0.05, 0.1) is 24.5 Å². The van der Waals surface area contributed by atoms with Gasteiger partial charge in [0, 0.05) is 10.7 Å². The van der Waals surface area contributed by atoms with E-state index >= 15 is 0 Å². The van der Waals surface area contributed by atoms with Crippen molar-refractivity contribution in [3.8, 4) is 11.5 Å². The smallest absolute Gasteiger partial charge is 0.282 e. The summed E-state index contributed by atoms with van der Waals surface area (Å²) >= 11 is 5.99. The molecule has 33 heavy (non-hydrogen) atoms. The Bertz CT molecular complexity index is 1190. The van der Waals surface area contributed by atoms with Crippen molar-refractivity contribution >= 4 is 40.4 Å². The van der Waals surface area contributed by atoms with E-state index in [-0.39, 0.29) is 11.3 Å². The number of halogens is 1. The number of nitrogens with zero attached hydrogens (tertiary/aromatic N) is 1. The van der Waals surface area contributed by atoms with Gasteiger partial charge in [-0.15, -0.1) is 0 Å². The van der Waals surface area contributed by atoms with Crippen LogP contribution in [0.2, 0.25) is 5.02 Å². The molecule has 0 bridgehead atoms. The normalized spacial score (nSPS) is 13.5. The fourth-order valence-corrected chi connectivity index (χ4v) is 3.69. The summed E-state index contributed by atoms with van der Waals surface area (Å²) in [6, 6.07) is 20.9. The van der Waals surface area contributed by atoms with Crippen molar-refractivity contribution in [2.24, 2.45) is 0 Å². The molecule has 0 saturated heterocycles. The molecule has 0 radical (unpaired) electrons. The summed E-state index contributed by atoms with van der Waals surface area (Å²) < 4.78 is 11.0. The summed E-state index contributed by atoms with van der Waals surface area (Å²) in [5.41, 5.74) is 2.20. The molecular formula is C26H23ClN2O4. The van der Waals surface area contributed by atoms with E-state index in [1.165, 1.54) is 0 Å². The lowest BCUT2D eigenvalue weighted by Crippen LogP contribution is -2.32. The van der Waals surface area contributed by atoms with Crippen LogP contribution in [-0.2, 0) is 9.59 Å². The van der Waals surface area contributed by atoms with Crippen molar-refractivity contribution < 1.29 is 19.1 Å². The van der Waals surface area contributed by atoms with Crippen molar-refractivity contribution in [2.45, 2.75) is 13.8 Å². The number of hydrogen-bond donors (Lipinski definition) is 1. The van der Waals surface area contributed by atoms with Crippen LogP contribution >= 0.6 is 11.6 Å². The molecule has 0 aromatic heterocycles. The SMILES string of the molecule is CCOc1ccc(NC2=C(c3ccc(OCC)cc3)C(=O)N(c3ccc(Cl)cc3)C2=O)cc1. The molecular weight excluding hydrogens is 440 g/mol. The third-order valence-corrected chi connectivity index (χ3v) is 5.31. The molecule has 7 heteroatoms. The zero-order valence-electron chi connectivity index (χ0n) is 18.3. The second-order valence-electron chi connectivity index (χ2n) is 7.21. The van der Waals surface area contributed by atoms with Gasteiger partial charge in [0.1, 0.15) is 17.2 Å². The maximum atomic E-state index is 13.5. The summed E-state index contributed by atoms with van der Waals surface area (Å²) in [5.74, 6) is 0.551.